The molecule has 0 bridgehead atoms. The molecule has 0 aliphatic carbocycles. The number of hydrogen-bond donors (Lipinski definition) is 0. The zero-order valence-corrected chi connectivity index (χ0v) is 17.3. The maximum absolute atomic E-state index is 12.5. The Labute approximate surface area is 177 Å². The number of aryl methyl sites for hydroxylation is 2. The van der Waals surface area contributed by atoms with Gasteiger partial charge in [0.1, 0.15) is 12.2 Å². The molecule has 0 aliphatic heterocycles. The average molecular weight is 422 g/mol. The summed E-state index contributed by atoms with van der Waals surface area (Å²) in [6, 6.07) is 14.5. The van der Waals surface area contributed by atoms with Gasteiger partial charge in [-0.15, -0.1) is 0 Å². The van der Waals surface area contributed by atoms with Gasteiger partial charge in [0.15, 0.2) is 0 Å². The first-order valence-electron chi connectivity index (χ1n) is 9.98. The third-order valence-electron chi connectivity index (χ3n) is 5.13. The van der Waals surface area contributed by atoms with Crippen LogP contribution >= 0.6 is 0 Å². The highest BCUT2D eigenvalue weighted by Crippen LogP contribution is 2.27. The topological polar surface area (TPSA) is 92.7 Å². The predicted molar refractivity (Wildman–Crippen MR) is 114 cm³/mol. The second kappa shape index (κ2) is 8.51. The third kappa shape index (κ3) is 3.84. The van der Waals surface area contributed by atoms with Crippen molar-refractivity contribution in [2.75, 3.05) is 6.61 Å². The number of esters is 2. The molecule has 8 heteroatoms. The van der Waals surface area contributed by atoms with Gasteiger partial charge in [-0.2, -0.15) is 0 Å². The van der Waals surface area contributed by atoms with Gasteiger partial charge in [-0.25, -0.2) is 9.59 Å². The summed E-state index contributed by atoms with van der Waals surface area (Å²) in [5.74, 6) is -1.06. The van der Waals surface area contributed by atoms with E-state index in [2.05, 4.69) is 0 Å². The van der Waals surface area contributed by atoms with Gasteiger partial charge >= 0.3 is 17.6 Å². The number of para-hydroxylation sites is 3. The monoisotopic (exact) mass is 422 g/mol. The number of aromatic nitrogens is 2. The minimum Gasteiger partial charge on any atom is -0.461 e. The quantitative estimate of drug-likeness (QED) is 0.424. The number of benzene rings is 2. The summed E-state index contributed by atoms with van der Waals surface area (Å²) in [6.07, 6.45) is 0.0123. The van der Waals surface area contributed by atoms with E-state index in [0.29, 0.717) is 16.5 Å². The van der Waals surface area contributed by atoms with E-state index >= 15 is 0 Å². The number of nitrogens with zero attached hydrogens (tertiary/aromatic N) is 2. The summed E-state index contributed by atoms with van der Waals surface area (Å²) in [6.45, 7) is 1.97. The molecular formula is C23H22N2O6. The lowest BCUT2D eigenvalue weighted by molar-refractivity contribution is -0.145. The number of rotatable bonds is 7. The lowest BCUT2D eigenvalue weighted by Crippen LogP contribution is -2.23. The highest BCUT2D eigenvalue weighted by atomic mass is 16.5. The molecule has 0 saturated carbocycles. The largest absolute Gasteiger partial charge is 0.461 e. The van der Waals surface area contributed by atoms with Crippen LogP contribution in [-0.4, -0.2) is 27.7 Å². The van der Waals surface area contributed by atoms with Crippen LogP contribution < -0.4 is 5.69 Å². The summed E-state index contributed by atoms with van der Waals surface area (Å²) in [5.41, 5.74) is 2.33. The van der Waals surface area contributed by atoms with E-state index in [4.69, 9.17) is 13.9 Å². The number of imidazole rings is 1. The van der Waals surface area contributed by atoms with Crippen molar-refractivity contribution >= 4 is 33.9 Å². The molecule has 160 valence electrons. The number of carbonyl (C=O) groups is 2. The molecule has 0 atom stereocenters. The molecule has 4 rings (SSSR count). The summed E-state index contributed by atoms with van der Waals surface area (Å²) >= 11 is 0. The van der Waals surface area contributed by atoms with E-state index in [1.807, 2.05) is 30.3 Å². The molecule has 2 aromatic heterocycles. The number of fused-ring (bicyclic) bond motifs is 2. The molecule has 0 radical (unpaired) electrons. The average Bonchev–Trinajstić information content (AvgIpc) is 3.27. The standard InChI is InChI=1S/C23H22N2O6/c1-3-29-22(27)21-16(15-8-4-7-11-19(15)31-21)14-30-20(26)12-13-25-18-10-6-5-9-17(18)24(2)23(25)28/h4-11H,3,12-14H2,1-2H3. The van der Waals surface area contributed by atoms with Crippen LogP contribution in [0.15, 0.2) is 57.7 Å². The van der Waals surface area contributed by atoms with Gasteiger partial charge < -0.3 is 13.9 Å². The number of hydrogen-bond acceptors (Lipinski definition) is 6. The lowest BCUT2D eigenvalue weighted by atomic mass is 10.1. The SMILES string of the molecule is CCOC(=O)c1oc2ccccc2c1COC(=O)CCn1c(=O)n(C)c2ccccc21. The molecule has 8 nitrogen and oxygen atoms in total. The Morgan fingerprint density at radius 3 is 2.48 bits per heavy atom. The maximum Gasteiger partial charge on any atom is 0.374 e. The van der Waals surface area contributed by atoms with Crippen LogP contribution in [0.25, 0.3) is 22.0 Å². The summed E-state index contributed by atoms with van der Waals surface area (Å²) < 4.78 is 19.2. The fourth-order valence-electron chi connectivity index (χ4n) is 3.61. The zero-order chi connectivity index (χ0) is 22.0. The molecule has 31 heavy (non-hydrogen) atoms. The van der Waals surface area contributed by atoms with Crippen molar-refractivity contribution in [2.24, 2.45) is 7.05 Å². The molecular weight excluding hydrogens is 400 g/mol. The first-order chi connectivity index (χ1) is 15.0. The van der Waals surface area contributed by atoms with Crippen LogP contribution in [-0.2, 0) is 34.5 Å². The normalized spacial score (nSPS) is 11.2. The van der Waals surface area contributed by atoms with E-state index in [9.17, 15) is 14.4 Å². The minimum atomic E-state index is -0.605. The Morgan fingerprint density at radius 1 is 1.00 bits per heavy atom. The van der Waals surface area contributed by atoms with Gasteiger partial charge in [0, 0.05) is 19.0 Å². The first kappa shape index (κ1) is 20.5. The first-order valence-corrected chi connectivity index (χ1v) is 9.98. The van der Waals surface area contributed by atoms with Crippen molar-refractivity contribution in [3.05, 3.63) is 70.3 Å². The molecule has 0 amide bonds. The summed E-state index contributed by atoms with van der Waals surface area (Å²) in [5, 5.41) is 0.684. The molecule has 4 aromatic rings. The Balaban J connectivity index is 1.49. The summed E-state index contributed by atoms with van der Waals surface area (Å²) in [7, 11) is 1.69. The molecule has 0 spiro atoms. The molecule has 0 saturated heterocycles. The minimum absolute atomic E-state index is 0.0123. The van der Waals surface area contributed by atoms with Crippen LogP contribution in [0.1, 0.15) is 29.5 Å². The molecule has 0 unspecified atom stereocenters. The fourth-order valence-corrected chi connectivity index (χ4v) is 3.61. The van der Waals surface area contributed by atoms with Gasteiger partial charge in [-0.3, -0.25) is 13.9 Å². The number of carbonyl (C=O) groups excluding carboxylic acids is 2. The van der Waals surface area contributed by atoms with Crippen molar-refractivity contribution < 1.29 is 23.5 Å². The fraction of sp³-hybridized carbons (Fsp3) is 0.261. The van der Waals surface area contributed by atoms with E-state index in [1.165, 1.54) is 0 Å². The van der Waals surface area contributed by atoms with Crippen LogP contribution in [0, 0.1) is 0 Å². The lowest BCUT2D eigenvalue weighted by Gasteiger charge is -2.07. The third-order valence-corrected chi connectivity index (χ3v) is 5.13. The smallest absolute Gasteiger partial charge is 0.374 e. The van der Waals surface area contributed by atoms with Crippen molar-refractivity contribution in [1.82, 2.24) is 9.13 Å². The second-order valence-corrected chi connectivity index (χ2v) is 7.02. The Kier molecular flexibility index (Phi) is 5.62. The van der Waals surface area contributed by atoms with Crippen molar-refractivity contribution in [3.8, 4) is 0 Å². The van der Waals surface area contributed by atoms with E-state index < -0.39 is 11.9 Å². The maximum atomic E-state index is 12.5. The molecule has 2 aromatic carbocycles. The van der Waals surface area contributed by atoms with E-state index in [-0.39, 0.29) is 37.6 Å². The molecule has 0 aliphatic rings. The van der Waals surface area contributed by atoms with Gasteiger partial charge in [-0.1, -0.05) is 30.3 Å². The van der Waals surface area contributed by atoms with E-state index in [1.54, 1.807) is 41.3 Å². The zero-order valence-electron chi connectivity index (χ0n) is 17.3. The highest BCUT2D eigenvalue weighted by molar-refractivity contribution is 5.96. The van der Waals surface area contributed by atoms with Crippen molar-refractivity contribution in [3.63, 3.8) is 0 Å². The Bertz CT molecular complexity index is 1330. The van der Waals surface area contributed by atoms with Gasteiger partial charge in [0.25, 0.3) is 0 Å². The van der Waals surface area contributed by atoms with Crippen LogP contribution in [0.5, 0.6) is 0 Å². The summed E-state index contributed by atoms with van der Waals surface area (Å²) in [4.78, 5) is 37.2. The van der Waals surface area contributed by atoms with E-state index in [0.717, 1.165) is 11.0 Å². The van der Waals surface area contributed by atoms with Crippen LogP contribution in [0.3, 0.4) is 0 Å². The van der Waals surface area contributed by atoms with Crippen molar-refractivity contribution in [2.45, 2.75) is 26.5 Å². The Morgan fingerprint density at radius 2 is 1.71 bits per heavy atom. The van der Waals surface area contributed by atoms with Crippen molar-refractivity contribution in [1.29, 1.82) is 0 Å². The van der Waals surface area contributed by atoms with Gasteiger partial charge in [-0.05, 0) is 25.1 Å². The van der Waals surface area contributed by atoms with Crippen LogP contribution in [0.4, 0.5) is 0 Å². The van der Waals surface area contributed by atoms with Gasteiger partial charge in [0.2, 0.25) is 5.76 Å². The molecule has 0 N–H and O–H groups in total. The Hall–Kier alpha value is -3.81. The second-order valence-electron chi connectivity index (χ2n) is 7.02. The van der Waals surface area contributed by atoms with Crippen LogP contribution in [0.2, 0.25) is 0 Å². The predicted octanol–water partition coefficient (Wildman–Crippen LogP) is 3.40. The molecule has 2 heterocycles. The van der Waals surface area contributed by atoms with Gasteiger partial charge in [0.05, 0.1) is 29.6 Å². The molecule has 0 fully saturated rings. The number of furan rings is 1. The number of ether oxygens (including phenoxy) is 2. The highest BCUT2D eigenvalue weighted by Gasteiger charge is 2.23.